The van der Waals surface area contributed by atoms with Crippen molar-refractivity contribution >= 4 is 23.7 Å². The molecule has 1 amide bonds. The molecule has 1 aliphatic heterocycles. The predicted octanol–water partition coefficient (Wildman–Crippen LogP) is 5.52. The average Bonchev–Trinajstić information content (AvgIpc) is 3.36. The summed E-state index contributed by atoms with van der Waals surface area (Å²) in [6, 6.07) is 15.9. The number of methoxy groups -OCH3 is 1. The van der Waals surface area contributed by atoms with Crippen molar-refractivity contribution in [3.8, 4) is 23.2 Å². The van der Waals surface area contributed by atoms with Crippen molar-refractivity contribution < 1.29 is 19.4 Å². The molecule has 2 N–H and O–H groups in total. The summed E-state index contributed by atoms with van der Waals surface area (Å²) in [6.07, 6.45) is 10.9. The number of pyridine rings is 1. The van der Waals surface area contributed by atoms with Gasteiger partial charge in [-0.1, -0.05) is 30.3 Å². The van der Waals surface area contributed by atoms with Crippen LogP contribution in [0.2, 0.25) is 0 Å². The number of hydrogen-bond donors (Lipinski definition) is 2. The number of aliphatic hydroxyl groups excluding tert-OH is 1. The number of aromatic nitrogens is 5. The molecule has 4 aromatic rings. The molecule has 1 aliphatic carbocycles. The number of aliphatic hydroxyl groups is 1. The predicted molar refractivity (Wildman–Crippen MR) is 184 cm³/mol. The smallest absolute Gasteiger partial charge is 0.416 e. The Bertz CT molecular complexity index is 1740. The summed E-state index contributed by atoms with van der Waals surface area (Å²) in [5.41, 5.74) is 2.32. The summed E-state index contributed by atoms with van der Waals surface area (Å²) in [6.45, 7) is 3.58. The first kappa shape index (κ1) is 33.5. The van der Waals surface area contributed by atoms with Gasteiger partial charge in [0.2, 0.25) is 5.95 Å². The number of nitrogens with one attached hydrogen (secondary N) is 1. The highest BCUT2D eigenvalue weighted by Gasteiger charge is 2.41. The standard InChI is InChI=1S/C36H41N9O4/c1-36(15-12-29(13-16-36)42-33-39-21-27(19-37)32(43-33)44-17-6-9-30(46)14-18-44)45(35(47)49-24-25-7-4-3-5-8-25)31-11-10-26(20-38-31)28-22-40-34(48-2)41-23-28/h3-5,7-8,10-11,20-23,29-30,46H,6,9,12-18,24H2,1-2H3,(H,39,42,43). The molecule has 0 radical (unpaired) electrons. The van der Waals surface area contributed by atoms with Crippen LogP contribution in [0.1, 0.15) is 63.0 Å². The van der Waals surface area contributed by atoms with Crippen LogP contribution in [0.5, 0.6) is 6.01 Å². The van der Waals surface area contributed by atoms with Crippen LogP contribution in [0.15, 0.2) is 67.3 Å². The number of anilines is 3. The summed E-state index contributed by atoms with van der Waals surface area (Å²) in [4.78, 5) is 39.9. The Morgan fingerprint density at radius 1 is 1.00 bits per heavy atom. The van der Waals surface area contributed by atoms with Gasteiger partial charge >= 0.3 is 12.1 Å². The summed E-state index contributed by atoms with van der Waals surface area (Å²) in [5.74, 6) is 1.55. The SMILES string of the molecule is COc1ncc(-c2ccc(N(C(=O)OCc3ccccc3)C3(C)CCC(Nc4ncc(C#N)c(N5CCCC(O)CC5)n4)CC3)nc2)cn1. The molecule has 6 rings (SSSR count). The maximum absolute atomic E-state index is 13.9. The van der Waals surface area contributed by atoms with Crippen molar-refractivity contribution in [1.82, 2.24) is 24.9 Å². The number of benzene rings is 1. The van der Waals surface area contributed by atoms with E-state index in [0.717, 1.165) is 48.9 Å². The minimum atomic E-state index is -0.576. The second-order valence-corrected chi connectivity index (χ2v) is 12.8. The van der Waals surface area contributed by atoms with E-state index in [1.165, 1.54) is 7.11 Å². The van der Waals surface area contributed by atoms with Crippen LogP contribution in [0.3, 0.4) is 0 Å². The molecule has 1 unspecified atom stereocenters. The van der Waals surface area contributed by atoms with Gasteiger partial charge in [0.25, 0.3) is 0 Å². The van der Waals surface area contributed by atoms with Gasteiger partial charge in [-0.15, -0.1) is 0 Å². The number of amides is 1. The highest BCUT2D eigenvalue weighted by atomic mass is 16.6. The zero-order valence-corrected chi connectivity index (χ0v) is 27.8. The van der Waals surface area contributed by atoms with E-state index in [1.54, 1.807) is 29.7 Å². The molecule has 4 heterocycles. The van der Waals surface area contributed by atoms with Crippen molar-refractivity contribution in [3.05, 3.63) is 78.4 Å². The lowest BCUT2D eigenvalue weighted by Crippen LogP contribution is -2.53. The number of carbonyl (C=O) groups is 1. The van der Waals surface area contributed by atoms with Crippen molar-refractivity contribution in [1.29, 1.82) is 5.26 Å². The van der Waals surface area contributed by atoms with Gasteiger partial charge in [-0.2, -0.15) is 10.2 Å². The summed E-state index contributed by atoms with van der Waals surface area (Å²) in [5, 5.41) is 23.3. The van der Waals surface area contributed by atoms with Crippen LogP contribution in [0, 0.1) is 11.3 Å². The van der Waals surface area contributed by atoms with Crippen molar-refractivity contribution in [2.75, 3.05) is 35.3 Å². The molecule has 1 saturated carbocycles. The Balaban J connectivity index is 1.18. The van der Waals surface area contributed by atoms with Crippen molar-refractivity contribution in [2.45, 2.75) is 76.2 Å². The Morgan fingerprint density at radius 3 is 2.45 bits per heavy atom. The minimum Gasteiger partial charge on any atom is -0.467 e. The van der Waals surface area contributed by atoms with E-state index in [2.05, 4.69) is 38.2 Å². The first-order valence-electron chi connectivity index (χ1n) is 16.7. The minimum absolute atomic E-state index is 0.0624. The molecule has 13 heteroatoms. The fraction of sp³-hybridized carbons (Fsp3) is 0.417. The van der Waals surface area contributed by atoms with Gasteiger partial charge in [-0.05, 0) is 69.6 Å². The molecule has 1 saturated heterocycles. The Kier molecular flexibility index (Phi) is 10.4. The maximum Gasteiger partial charge on any atom is 0.416 e. The van der Waals surface area contributed by atoms with E-state index in [-0.39, 0.29) is 24.8 Å². The second-order valence-electron chi connectivity index (χ2n) is 12.8. The van der Waals surface area contributed by atoms with Gasteiger partial charge in [0.15, 0.2) is 5.82 Å². The van der Waals surface area contributed by atoms with Crippen molar-refractivity contribution in [3.63, 3.8) is 0 Å². The van der Waals surface area contributed by atoms with E-state index in [0.29, 0.717) is 49.0 Å². The lowest BCUT2D eigenvalue weighted by atomic mass is 9.79. The van der Waals surface area contributed by atoms with Gasteiger partial charge in [0.05, 0.1) is 24.9 Å². The summed E-state index contributed by atoms with van der Waals surface area (Å²) < 4.78 is 10.9. The van der Waals surface area contributed by atoms with Crippen LogP contribution < -0.4 is 19.9 Å². The molecule has 1 atom stereocenters. The maximum atomic E-state index is 13.9. The normalized spacial score (nSPS) is 20.8. The first-order valence-corrected chi connectivity index (χ1v) is 16.7. The number of carbonyl (C=O) groups excluding carboxylic acids is 1. The van der Waals surface area contributed by atoms with Gasteiger partial charge in [-0.25, -0.2) is 24.7 Å². The summed E-state index contributed by atoms with van der Waals surface area (Å²) >= 11 is 0. The van der Waals surface area contributed by atoms with Gasteiger partial charge in [0.1, 0.15) is 24.1 Å². The van der Waals surface area contributed by atoms with Gasteiger partial charge in [-0.3, -0.25) is 4.90 Å². The second kappa shape index (κ2) is 15.3. The Morgan fingerprint density at radius 2 is 1.76 bits per heavy atom. The quantitative estimate of drug-likeness (QED) is 0.231. The van der Waals surface area contributed by atoms with Crippen LogP contribution in [0.25, 0.3) is 11.1 Å². The molecule has 49 heavy (non-hydrogen) atoms. The topological polar surface area (TPSA) is 163 Å². The third-order valence-electron chi connectivity index (χ3n) is 9.33. The molecule has 13 nitrogen and oxygen atoms in total. The van der Waals surface area contributed by atoms with E-state index >= 15 is 0 Å². The van der Waals surface area contributed by atoms with Crippen LogP contribution in [-0.4, -0.2) is 74.0 Å². The van der Waals surface area contributed by atoms with Gasteiger partial charge in [0, 0.05) is 48.8 Å². The highest BCUT2D eigenvalue weighted by molar-refractivity contribution is 5.88. The average molecular weight is 664 g/mol. The van der Waals surface area contributed by atoms with Crippen LogP contribution in [0.4, 0.5) is 22.4 Å². The largest absolute Gasteiger partial charge is 0.467 e. The molecule has 2 fully saturated rings. The number of rotatable bonds is 9. The summed E-state index contributed by atoms with van der Waals surface area (Å²) in [7, 11) is 1.52. The van der Waals surface area contributed by atoms with Crippen LogP contribution in [-0.2, 0) is 11.3 Å². The lowest BCUT2D eigenvalue weighted by molar-refractivity contribution is 0.134. The highest BCUT2D eigenvalue weighted by Crippen LogP contribution is 2.38. The van der Waals surface area contributed by atoms with E-state index in [9.17, 15) is 15.2 Å². The van der Waals surface area contributed by atoms with Gasteiger partial charge < -0.3 is 24.8 Å². The van der Waals surface area contributed by atoms with E-state index < -0.39 is 11.6 Å². The fourth-order valence-electron chi connectivity index (χ4n) is 6.48. The number of ether oxygens (including phenoxy) is 2. The fourth-order valence-corrected chi connectivity index (χ4v) is 6.48. The first-order chi connectivity index (χ1) is 23.8. The molecular weight excluding hydrogens is 622 g/mol. The number of nitrogens with zero attached hydrogens (tertiary/aromatic N) is 8. The van der Waals surface area contributed by atoms with Crippen molar-refractivity contribution in [2.24, 2.45) is 0 Å². The van der Waals surface area contributed by atoms with E-state index in [4.69, 9.17) is 19.4 Å². The number of hydrogen-bond acceptors (Lipinski definition) is 12. The lowest BCUT2D eigenvalue weighted by Gasteiger charge is -2.44. The third kappa shape index (κ3) is 8.04. The molecule has 1 aromatic carbocycles. The molecule has 2 aliphatic rings. The van der Waals surface area contributed by atoms with E-state index in [1.807, 2.05) is 42.5 Å². The monoisotopic (exact) mass is 663 g/mol. The third-order valence-corrected chi connectivity index (χ3v) is 9.33. The Labute approximate surface area is 286 Å². The molecule has 254 valence electrons. The van der Waals surface area contributed by atoms with Crippen LogP contribution >= 0.6 is 0 Å². The zero-order chi connectivity index (χ0) is 34.2. The molecule has 0 spiro atoms. The molecule has 0 bridgehead atoms. The molecular formula is C36H41N9O4. The number of nitriles is 1. The zero-order valence-electron chi connectivity index (χ0n) is 27.8. The Hall–Kier alpha value is -5.35. The molecule has 3 aromatic heterocycles.